The number of ketones is 4. The first-order valence-corrected chi connectivity index (χ1v) is 41.1. The third-order valence-electron chi connectivity index (χ3n) is 18.0. The third-order valence-corrected chi connectivity index (χ3v) is 18.0. The molecule has 0 rings (SSSR count). The highest BCUT2D eigenvalue weighted by Gasteiger charge is 2.37. The Morgan fingerprint density at radius 2 is 0.717 bits per heavy atom. The van der Waals surface area contributed by atoms with E-state index in [1.807, 2.05) is 13.8 Å². The lowest BCUT2D eigenvalue weighted by Gasteiger charge is -2.30. The summed E-state index contributed by atoms with van der Waals surface area (Å²) in [6.07, 6.45) is 21.1. The van der Waals surface area contributed by atoms with Crippen LogP contribution in [0.3, 0.4) is 0 Å². The number of nitrogens with one attached hydrogen (secondary N) is 6. The smallest absolute Gasteiger partial charge is 0.326 e. The van der Waals surface area contributed by atoms with E-state index < -0.39 is 53.1 Å². The minimum absolute atomic E-state index is 0.00139. The largest absolute Gasteiger partial charge is 0.481 e. The van der Waals surface area contributed by atoms with Crippen molar-refractivity contribution in [1.82, 2.24) is 31.9 Å². The molecule has 0 radical (unpaired) electrons. The average Bonchev–Trinajstić information content (AvgIpc) is 0.836. The van der Waals surface area contributed by atoms with Crippen molar-refractivity contribution in [2.24, 2.45) is 17.3 Å². The second kappa shape index (κ2) is 75.1. The standard InChI is InChI=1S/C46H82N4O15.C34H60N2O12/c1-5-17-37(47-4)43(57)46(2,3)32-35(44(58)59)18-14-15-24-48-40(53)33-65-31-29-63-27-25-49-41(54)34-64-30-28-62-26-16-19-36(51)22-23-38(45(60)61)50-39(52)20-12-10-8-6-7-9-11-13-21-42(55)56;1-2-17-35-32(40)27-48-24-21-45-19-11-13-30(38)26-47-23-22-46-20-18-36-31(39)16-15-28(34(43)44)25-29(37)12-9-7-5-3-4-6-8-10-14-33(41)42/h35,37-38,47H,5-34H2,1-4H3,(H,48,53)(H,49,54)(H,50,52)(H,55,56)(H,58,59)(H,60,61);28H,2-27H2,1H3,(H,35,40)(H,36,39)(H,41,42)(H,43,44)/t35-,37+,38+;28-/m11/s1. The van der Waals surface area contributed by atoms with E-state index >= 15 is 0 Å². The maximum absolute atomic E-state index is 13.0. The van der Waals surface area contributed by atoms with Crippen LogP contribution in [-0.2, 0) is 105 Å². The number of ether oxygens (including phenoxy) is 8. The molecular formula is C80H142N6O27. The molecule has 0 aromatic heterocycles. The maximum Gasteiger partial charge on any atom is 0.326 e. The first-order valence-electron chi connectivity index (χ1n) is 41.1. The maximum atomic E-state index is 13.0. The van der Waals surface area contributed by atoms with Gasteiger partial charge in [0, 0.05) is 103 Å². The van der Waals surface area contributed by atoms with E-state index in [9.17, 15) is 82.4 Å². The quantitative estimate of drug-likeness (QED) is 0.0260. The molecule has 113 heavy (non-hydrogen) atoms. The molecule has 4 atom stereocenters. The predicted molar refractivity (Wildman–Crippen MR) is 420 cm³/mol. The molecule has 0 aliphatic rings. The summed E-state index contributed by atoms with van der Waals surface area (Å²) in [5.74, 6) is -7.99. The number of Topliss-reactive ketones (excluding diaryl/α,β-unsaturated/α-hetero) is 4. The summed E-state index contributed by atoms with van der Waals surface area (Å²) in [6, 6.07) is -1.43. The molecule has 11 N–H and O–H groups in total. The van der Waals surface area contributed by atoms with E-state index in [4.69, 9.17) is 48.1 Å². The molecule has 0 bridgehead atoms. The van der Waals surface area contributed by atoms with Crippen molar-refractivity contribution >= 4 is 82.5 Å². The Bertz CT molecular complexity index is 2620. The first-order chi connectivity index (χ1) is 54.2. The molecule has 0 aliphatic heterocycles. The second-order valence-corrected chi connectivity index (χ2v) is 28.7. The van der Waals surface area contributed by atoms with Gasteiger partial charge < -0.3 is 95.3 Å². The Labute approximate surface area is 669 Å². The van der Waals surface area contributed by atoms with Crippen molar-refractivity contribution in [3.63, 3.8) is 0 Å². The van der Waals surface area contributed by atoms with Crippen molar-refractivity contribution in [3.8, 4) is 0 Å². The third kappa shape index (κ3) is 71.3. The summed E-state index contributed by atoms with van der Waals surface area (Å²) in [4.78, 5) is 165. The second-order valence-electron chi connectivity index (χ2n) is 28.7. The van der Waals surface area contributed by atoms with Crippen LogP contribution in [0.2, 0.25) is 0 Å². The van der Waals surface area contributed by atoms with Gasteiger partial charge in [-0.05, 0) is 90.5 Å². The highest BCUT2D eigenvalue weighted by atomic mass is 16.5. The van der Waals surface area contributed by atoms with Crippen molar-refractivity contribution in [2.75, 3.05) is 139 Å². The number of hydrogen-bond acceptors (Lipinski definition) is 23. The summed E-state index contributed by atoms with van der Waals surface area (Å²) in [5.41, 5.74) is -0.776. The topological polar surface area (TPSA) is 486 Å². The summed E-state index contributed by atoms with van der Waals surface area (Å²) >= 11 is 0. The van der Waals surface area contributed by atoms with Gasteiger partial charge in [0.2, 0.25) is 29.5 Å². The van der Waals surface area contributed by atoms with E-state index in [0.29, 0.717) is 110 Å². The molecule has 0 spiro atoms. The fourth-order valence-electron chi connectivity index (χ4n) is 11.6. The average molecular weight is 1620 g/mol. The van der Waals surface area contributed by atoms with Gasteiger partial charge in [-0.1, -0.05) is 118 Å². The first kappa shape index (κ1) is 108. The predicted octanol–water partition coefficient (Wildman–Crippen LogP) is 7.68. The normalized spacial score (nSPS) is 12.3. The van der Waals surface area contributed by atoms with Crippen LogP contribution in [0, 0.1) is 17.3 Å². The molecule has 0 unspecified atom stereocenters. The molecule has 0 saturated carbocycles. The van der Waals surface area contributed by atoms with Crippen molar-refractivity contribution in [1.29, 1.82) is 0 Å². The van der Waals surface area contributed by atoms with Gasteiger partial charge in [-0.2, -0.15) is 0 Å². The molecule has 0 aromatic rings. The number of carbonyl (C=O) groups excluding carboxylic acids is 9. The van der Waals surface area contributed by atoms with Crippen molar-refractivity contribution < 1.29 is 131 Å². The monoisotopic (exact) mass is 1620 g/mol. The number of hydrogen-bond donors (Lipinski definition) is 11. The van der Waals surface area contributed by atoms with Gasteiger partial charge in [0.1, 0.15) is 44.0 Å². The van der Waals surface area contributed by atoms with Gasteiger partial charge in [0.15, 0.2) is 11.6 Å². The SMILES string of the molecule is CCCNC(=O)COCCOCCCC(=O)COCCOCCNC(=O)CC[C@H](CC(=O)CCCCCCCCCCC(=O)O)C(=O)O.CCC[C@H](NC)C(=O)C(C)(C)C[C@@H](CCCCNC(=O)COCCOCCNC(=O)COCCOCCCC(=O)CC[C@H](NC(=O)CCCCCCCCCCC(=O)O)C(=O)O)C(=O)O. The van der Waals surface area contributed by atoms with E-state index in [-0.39, 0.29) is 222 Å². The summed E-state index contributed by atoms with van der Waals surface area (Å²) < 4.78 is 42.8. The van der Waals surface area contributed by atoms with Gasteiger partial charge in [-0.3, -0.25) is 62.3 Å². The van der Waals surface area contributed by atoms with Crippen LogP contribution >= 0.6 is 0 Å². The number of likely N-dealkylation sites (N-methyl/N-ethyl adjacent to an activating group) is 1. The number of carboxylic acids is 5. The lowest BCUT2D eigenvalue weighted by molar-refractivity contribution is -0.145. The van der Waals surface area contributed by atoms with Crippen molar-refractivity contribution in [3.05, 3.63) is 0 Å². The number of rotatable bonds is 82. The Hall–Kier alpha value is -6.98. The lowest BCUT2D eigenvalue weighted by atomic mass is 9.75. The molecule has 5 amide bonds. The molecule has 654 valence electrons. The highest BCUT2D eigenvalue weighted by Crippen LogP contribution is 2.32. The van der Waals surface area contributed by atoms with Gasteiger partial charge in [0.25, 0.3) is 0 Å². The van der Waals surface area contributed by atoms with Gasteiger partial charge >= 0.3 is 29.8 Å². The molecule has 33 heteroatoms. The molecule has 0 heterocycles. The minimum atomic E-state index is -1.18. The number of unbranched alkanes of at least 4 members (excludes halogenated alkanes) is 15. The van der Waals surface area contributed by atoms with E-state index in [1.165, 1.54) is 0 Å². The molecular weight excluding hydrogens is 1480 g/mol. The molecule has 0 saturated heterocycles. The van der Waals surface area contributed by atoms with Crippen LogP contribution in [-0.4, -0.2) is 259 Å². The molecule has 33 nitrogen and oxygen atoms in total. The number of amides is 5. The zero-order valence-corrected chi connectivity index (χ0v) is 68.6. The zero-order valence-electron chi connectivity index (χ0n) is 68.6. The van der Waals surface area contributed by atoms with Crippen LogP contribution in [0.25, 0.3) is 0 Å². The molecule has 0 aromatic carbocycles. The van der Waals surface area contributed by atoms with Crippen molar-refractivity contribution in [2.45, 2.75) is 271 Å². The van der Waals surface area contributed by atoms with Crippen LogP contribution in [0.5, 0.6) is 0 Å². The van der Waals surface area contributed by atoms with Crippen LogP contribution < -0.4 is 31.9 Å². The highest BCUT2D eigenvalue weighted by molar-refractivity contribution is 5.90. The Morgan fingerprint density at radius 1 is 0.310 bits per heavy atom. The van der Waals surface area contributed by atoms with Gasteiger partial charge in [-0.25, -0.2) is 4.79 Å². The fraction of sp³-hybridized carbons (Fsp3) is 0.825. The number of carboxylic acid groups (broad SMARTS) is 5. The van der Waals surface area contributed by atoms with E-state index in [0.717, 1.165) is 89.9 Å². The molecule has 0 aliphatic carbocycles. The van der Waals surface area contributed by atoms with E-state index in [1.54, 1.807) is 20.9 Å². The minimum Gasteiger partial charge on any atom is -0.481 e. The van der Waals surface area contributed by atoms with Gasteiger partial charge in [0.05, 0.1) is 83.9 Å². The lowest BCUT2D eigenvalue weighted by Crippen LogP contribution is -2.43. The Balaban J connectivity index is 0. The summed E-state index contributed by atoms with van der Waals surface area (Å²) in [7, 11) is 1.74. The zero-order chi connectivity index (χ0) is 84.4. The fourth-order valence-corrected chi connectivity index (χ4v) is 11.6. The summed E-state index contributed by atoms with van der Waals surface area (Å²) in [5, 5.41) is 62.3. The van der Waals surface area contributed by atoms with Crippen LogP contribution in [0.1, 0.15) is 259 Å². The number of aliphatic carboxylic acids is 5. The van der Waals surface area contributed by atoms with Gasteiger partial charge in [-0.15, -0.1) is 0 Å². The Kier molecular flexibility index (Phi) is 71.8. The van der Waals surface area contributed by atoms with E-state index in [2.05, 4.69) is 31.9 Å². The van der Waals surface area contributed by atoms with Crippen LogP contribution in [0.4, 0.5) is 0 Å². The summed E-state index contributed by atoms with van der Waals surface area (Å²) in [6.45, 7) is 11.8. The number of carbonyl (C=O) groups is 14. The Morgan fingerprint density at radius 3 is 1.17 bits per heavy atom. The molecule has 0 fully saturated rings. The van der Waals surface area contributed by atoms with Crippen LogP contribution in [0.15, 0.2) is 0 Å².